The number of hydrogen-bond acceptors (Lipinski definition) is 3. The molecule has 1 aromatic rings. The third-order valence-electron chi connectivity index (χ3n) is 9.17. The van der Waals surface area contributed by atoms with Gasteiger partial charge in [0.1, 0.15) is 0 Å². The van der Waals surface area contributed by atoms with Crippen LogP contribution in [0, 0.1) is 28.6 Å². The molecule has 0 aliphatic heterocycles. The Morgan fingerprint density at radius 3 is 2.74 bits per heavy atom. The highest BCUT2D eigenvalue weighted by Gasteiger charge is 2.57. The van der Waals surface area contributed by atoms with Crippen molar-refractivity contribution >= 4 is 0 Å². The Labute approximate surface area is 161 Å². The number of aliphatic hydroxyl groups excluding tert-OH is 1. The largest absolute Gasteiger partial charge is 0.431 e. The Balaban J connectivity index is 1.45. The van der Waals surface area contributed by atoms with Gasteiger partial charge in [0, 0.05) is 6.07 Å². The highest BCUT2D eigenvalue weighted by Crippen LogP contribution is 2.67. The Bertz CT molecular complexity index is 803. The molecule has 5 rings (SSSR count). The summed E-state index contributed by atoms with van der Waals surface area (Å²) >= 11 is 0. The average Bonchev–Trinajstić information content (AvgIpc) is 3.00. The lowest BCUT2D eigenvalue weighted by atomic mass is 9.46. The molecule has 0 radical (unpaired) electrons. The van der Waals surface area contributed by atoms with Crippen molar-refractivity contribution in [3.05, 3.63) is 46.0 Å². The predicted molar refractivity (Wildman–Crippen MR) is 105 cm³/mol. The van der Waals surface area contributed by atoms with E-state index in [1.165, 1.54) is 37.7 Å². The smallest absolute Gasteiger partial charge is 0.335 e. The van der Waals surface area contributed by atoms with E-state index in [0.29, 0.717) is 23.2 Å². The number of rotatable bonds is 1. The Morgan fingerprint density at radius 2 is 1.96 bits per heavy atom. The molecule has 3 nitrogen and oxygen atoms in total. The Hall–Kier alpha value is -1.35. The van der Waals surface area contributed by atoms with E-state index in [1.807, 2.05) is 6.07 Å². The quantitative estimate of drug-likeness (QED) is 0.706. The molecule has 0 bridgehead atoms. The molecule has 4 aliphatic carbocycles. The summed E-state index contributed by atoms with van der Waals surface area (Å²) in [4.78, 5) is 11.4. The molecule has 146 valence electrons. The highest BCUT2D eigenvalue weighted by atomic mass is 16.4. The normalized spacial score (nSPS) is 46.2. The minimum absolute atomic E-state index is 0.0729. The van der Waals surface area contributed by atoms with E-state index in [0.717, 1.165) is 25.2 Å². The van der Waals surface area contributed by atoms with Crippen molar-refractivity contribution in [2.45, 2.75) is 77.2 Å². The van der Waals surface area contributed by atoms with Crippen molar-refractivity contribution in [1.82, 2.24) is 0 Å². The van der Waals surface area contributed by atoms with Gasteiger partial charge in [-0.1, -0.05) is 25.5 Å². The van der Waals surface area contributed by atoms with E-state index in [-0.39, 0.29) is 17.1 Å². The van der Waals surface area contributed by atoms with E-state index in [2.05, 4.69) is 19.9 Å². The molecule has 0 aromatic carbocycles. The molecule has 1 N–H and O–H groups in total. The van der Waals surface area contributed by atoms with Crippen LogP contribution in [0.15, 0.2) is 39.3 Å². The zero-order valence-electron chi connectivity index (χ0n) is 16.6. The molecule has 2 unspecified atom stereocenters. The molecule has 0 saturated heterocycles. The fourth-order valence-electron chi connectivity index (χ4n) is 7.64. The molecule has 1 aromatic heterocycles. The lowest BCUT2D eigenvalue weighted by Crippen LogP contribution is -2.51. The van der Waals surface area contributed by atoms with Crippen molar-refractivity contribution in [2.75, 3.05) is 0 Å². The SMILES string of the molecule is C[C@]12CCC3C(CC[C@@H]4C[C@@H](O)CC[C@]34C)C1=CC[C@@H]2c1ccc(=O)oc1. The molecule has 1 heterocycles. The van der Waals surface area contributed by atoms with Crippen LogP contribution >= 0.6 is 0 Å². The van der Waals surface area contributed by atoms with Crippen LogP contribution in [0.25, 0.3) is 0 Å². The molecular weight excluding hydrogens is 336 g/mol. The van der Waals surface area contributed by atoms with E-state index in [1.54, 1.807) is 17.9 Å². The summed E-state index contributed by atoms with van der Waals surface area (Å²) < 4.78 is 5.20. The van der Waals surface area contributed by atoms with E-state index in [4.69, 9.17) is 4.42 Å². The van der Waals surface area contributed by atoms with Crippen LogP contribution in [0.3, 0.4) is 0 Å². The lowest BCUT2D eigenvalue weighted by Gasteiger charge is -2.59. The van der Waals surface area contributed by atoms with E-state index >= 15 is 0 Å². The maximum atomic E-state index is 11.4. The van der Waals surface area contributed by atoms with Crippen molar-refractivity contribution in [1.29, 1.82) is 0 Å². The summed E-state index contributed by atoms with van der Waals surface area (Å²) in [5.41, 5.74) is 3.23. The highest BCUT2D eigenvalue weighted by molar-refractivity contribution is 5.36. The predicted octanol–water partition coefficient (Wildman–Crippen LogP) is 5.05. The van der Waals surface area contributed by atoms with Crippen LogP contribution < -0.4 is 5.63 Å². The second kappa shape index (κ2) is 6.07. The van der Waals surface area contributed by atoms with Gasteiger partial charge in [0.05, 0.1) is 12.4 Å². The van der Waals surface area contributed by atoms with Crippen LogP contribution in [-0.2, 0) is 0 Å². The van der Waals surface area contributed by atoms with Gasteiger partial charge in [0.15, 0.2) is 0 Å². The molecule has 0 spiro atoms. The topological polar surface area (TPSA) is 50.4 Å². The first-order valence-corrected chi connectivity index (χ1v) is 10.9. The summed E-state index contributed by atoms with van der Waals surface area (Å²) in [5.74, 6) is 2.63. The molecule has 3 fully saturated rings. The van der Waals surface area contributed by atoms with Crippen LogP contribution in [0.4, 0.5) is 0 Å². The number of allylic oxidation sites excluding steroid dienone is 2. The maximum absolute atomic E-state index is 11.4. The molecular formula is C24H32O3. The van der Waals surface area contributed by atoms with Crippen molar-refractivity contribution < 1.29 is 9.52 Å². The Morgan fingerprint density at radius 1 is 1.11 bits per heavy atom. The first-order chi connectivity index (χ1) is 12.9. The van der Waals surface area contributed by atoms with Crippen LogP contribution in [0.1, 0.15) is 76.7 Å². The van der Waals surface area contributed by atoms with Gasteiger partial charge in [-0.3, -0.25) is 0 Å². The minimum Gasteiger partial charge on any atom is -0.431 e. The average molecular weight is 369 g/mol. The van der Waals surface area contributed by atoms with Gasteiger partial charge in [0.2, 0.25) is 0 Å². The first kappa shape index (κ1) is 17.7. The van der Waals surface area contributed by atoms with Gasteiger partial charge in [0.25, 0.3) is 0 Å². The van der Waals surface area contributed by atoms with Crippen LogP contribution in [-0.4, -0.2) is 11.2 Å². The van der Waals surface area contributed by atoms with Crippen molar-refractivity contribution in [2.24, 2.45) is 28.6 Å². The number of aliphatic hydroxyl groups is 1. The van der Waals surface area contributed by atoms with Gasteiger partial charge >= 0.3 is 5.63 Å². The summed E-state index contributed by atoms with van der Waals surface area (Å²) in [7, 11) is 0. The van der Waals surface area contributed by atoms with Gasteiger partial charge in [-0.05, 0) is 97.5 Å². The maximum Gasteiger partial charge on any atom is 0.335 e. The molecule has 4 aliphatic rings. The first-order valence-electron chi connectivity index (χ1n) is 10.9. The second-order valence-electron chi connectivity index (χ2n) is 10.2. The molecule has 0 amide bonds. The summed E-state index contributed by atoms with van der Waals surface area (Å²) in [6, 6.07) is 3.55. The molecule has 7 atom stereocenters. The van der Waals surface area contributed by atoms with Gasteiger partial charge in [-0.2, -0.15) is 0 Å². The third-order valence-corrected chi connectivity index (χ3v) is 9.17. The molecule has 3 heteroatoms. The van der Waals surface area contributed by atoms with Gasteiger partial charge < -0.3 is 9.52 Å². The fraction of sp³-hybridized carbons (Fsp3) is 0.708. The minimum atomic E-state index is -0.260. The second-order valence-corrected chi connectivity index (χ2v) is 10.2. The number of fused-ring (bicyclic) bond motifs is 5. The summed E-state index contributed by atoms with van der Waals surface area (Å²) in [6.45, 7) is 4.98. The van der Waals surface area contributed by atoms with Crippen molar-refractivity contribution in [3.63, 3.8) is 0 Å². The van der Waals surface area contributed by atoms with Crippen molar-refractivity contribution in [3.8, 4) is 0 Å². The monoisotopic (exact) mass is 368 g/mol. The summed E-state index contributed by atoms with van der Waals surface area (Å²) in [6.07, 6.45) is 13.5. The fourth-order valence-corrected chi connectivity index (χ4v) is 7.64. The standard InChI is InChI=1S/C24H32O3/c1-23-11-9-17(25)13-16(23)4-5-18-20-7-6-19(15-3-8-22(26)27-14-15)24(20,2)12-10-21(18)23/h3,7-8,14,16-19,21,25H,4-6,9-13H2,1-2H3/t16-,17+,18?,19-,21?,23+,24-/m1/s1. The zero-order valence-corrected chi connectivity index (χ0v) is 16.6. The lowest BCUT2D eigenvalue weighted by molar-refractivity contribution is -0.0823. The zero-order chi connectivity index (χ0) is 18.8. The molecule has 27 heavy (non-hydrogen) atoms. The van der Waals surface area contributed by atoms with Crippen LogP contribution in [0.5, 0.6) is 0 Å². The third kappa shape index (κ3) is 2.53. The summed E-state index contributed by atoms with van der Waals surface area (Å²) in [5, 5.41) is 10.2. The number of hydrogen-bond donors (Lipinski definition) is 1. The van der Waals surface area contributed by atoms with E-state index < -0.39 is 0 Å². The van der Waals surface area contributed by atoms with Gasteiger partial charge in [-0.15, -0.1) is 0 Å². The molecule has 3 saturated carbocycles. The van der Waals surface area contributed by atoms with Crippen LogP contribution in [0.2, 0.25) is 0 Å². The van der Waals surface area contributed by atoms with Gasteiger partial charge in [-0.25, -0.2) is 4.79 Å². The van der Waals surface area contributed by atoms with E-state index in [9.17, 15) is 9.90 Å². The Kier molecular flexibility index (Phi) is 3.99.